The summed E-state index contributed by atoms with van der Waals surface area (Å²) in [5, 5.41) is 20.5. The second-order valence-corrected chi connectivity index (χ2v) is 3.62. The fourth-order valence-corrected chi connectivity index (χ4v) is 1.65. The summed E-state index contributed by atoms with van der Waals surface area (Å²) in [6.45, 7) is 1.94. The van der Waals surface area contributed by atoms with Crippen molar-refractivity contribution in [2.45, 2.75) is 6.92 Å². The Kier molecular flexibility index (Phi) is 2.87. The summed E-state index contributed by atoms with van der Waals surface area (Å²) in [7, 11) is 0. The first-order chi connectivity index (χ1) is 8.11. The lowest BCUT2D eigenvalue weighted by atomic mass is 10.1. The van der Waals surface area contributed by atoms with Gasteiger partial charge in [-0.3, -0.25) is 0 Å². The molecule has 4 nitrogen and oxygen atoms in total. The third-order valence-electron chi connectivity index (χ3n) is 2.43. The Hall–Kier alpha value is -2.23. The van der Waals surface area contributed by atoms with Gasteiger partial charge in [-0.25, -0.2) is 4.79 Å². The number of ether oxygens (including phenoxy) is 1. The van der Waals surface area contributed by atoms with Crippen LogP contribution in [0.25, 0.3) is 10.8 Å². The molecule has 2 rings (SSSR count). The molecule has 2 aromatic carbocycles. The number of hydrogen-bond acceptors (Lipinski definition) is 4. The summed E-state index contributed by atoms with van der Waals surface area (Å²) in [5.41, 5.74) is 0.102. The van der Waals surface area contributed by atoms with E-state index in [4.69, 9.17) is 4.74 Å². The van der Waals surface area contributed by atoms with Crippen molar-refractivity contribution in [2.75, 3.05) is 6.61 Å². The average Bonchev–Trinajstić information content (AvgIpc) is 2.29. The summed E-state index contributed by atoms with van der Waals surface area (Å²) < 4.78 is 4.83. The Bertz CT molecular complexity index is 575. The van der Waals surface area contributed by atoms with E-state index < -0.39 is 5.97 Å². The van der Waals surface area contributed by atoms with Crippen molar-refractivity contribution in [3.05, 3.63) is 35.9 Å². The van der Waals surface area contributed by atoms with Crippen LogP contribution < -0.4 is 0 Å². The van der Waals surface area contributed by atoms with Gasteiger partial charge in [0.25, 0.3) is 0 Å². The summed E-state index contributed by atoms with van der Waals surface area (Å²) >= 11 is 0. The van der Waals surface area contributed by atoms with Gasteiger partial charge in [0.15, 0.2) is 0 Å². The zero-order chi connectivity index (χ0) is 12.4. The van der Waals surface area contributed by atoms with Crippen LogP contribution in [0, 0.1) is 0 Å². The van der Waals surface area contributed by atoms with Crippen molar-refractivity contribution in [2.24, 2.45) is 0 Å². The van der Waals surface area contributed by atoms with Gasteiger partial charge in [0.05, 0.1) is 6.61 Å². The highest BCUT2D eigenvalue weighted by molar-refractivity contribution is 5.98. The Morgan fingerprint density at radius 1 is 1.18 bits per heavy atom. The molecule has 4 heteroatoms. The molecule has 0 saturated heterocycles. The molecule has 0 aliphatic heterocycles. The molecule has 0 spiro atoms. The van der Waals surface area contributed by atoms with Crippen LogP contribution in [0.3, 0.4) is 0 Å². The molecule has 0 aliphatic carbocycles. The minimum absolute atomic E-state index is 0.102. The monoisotopic (exact) mass is 232 g/mol. The average molecular weight is 232 g/mol. The van der Waals surface area contributed by atoms with Crippen molar-refractivity contribution in [3.8, 4) is 11.5 Å². The van der Waals surface area contributed by atoms with Crippen LogP contribution in [0.1, 0.15) is 17.3 Å². The first-order valence-electron chi connectivity index (χ1n) is 5.24. The van der Waals surface area contributed by atoms with Crippen LogP contribution in [0.5, 0.6) is 11.5 Å². The highest BCUT2D eigenvalue weighted by Gasteiger charge is 2.13. The highest BCUT2D eigenvalue weighted by Crippen LogP contribution is 2.28. The maximum absolute atomic E-state index is 11.5. The lowest BCUT2D eigenvalue weighted by molar-refractivity contribution is 0.0523. The maximum Gasteiger partial charge on any atom is 0.341 e. The molecule has 0 unspecified atom stereocenters. The minimum atomic E-state index is -0.574. The third kappa shape index (κ3) is 2.15. The third-order valence-corrected chi connectivity index (χ3v) is 2.43. The van der Waals surface area contributed by atoms with Crippen LogP contribution >= 0.6 is 0 Å². The zero-order valence-electron chi connectivity index (χ0n) is 9.30. The molecular formula is C13H12O4. The Morgan fingerprint density at radius 2 is 1.94 bits per heavy atom. The first kappa shape index (κ1) is 11.3. The molecule has 0 amide bonds. The normalized spacial score (nSPS) is 10.4. The smallest absolute Gasteiger partial charge is 0.341 e. The number of hydrogen-bond donors (Lipinski definition) is 2. The SMILES string of the molecule is CCOC(=O)c1cc2cc(O)ccc2cc1O. The maximum atomic E-state index is 11.5. The Morgan fingerprint density at radius 3 is 2.65 bits per heavy atom. The van der Waals surface area contributed by atoms with Gasteiger partial charge in [-0.1, -0.05) is 6.07 Å². The Labute approximate surface area is 98.1 Å². The standard InChI is InChI=1S/C13H12O4/c1-2-17-13(16)11-6-9-5-10(14)4-3-8(9)7-12(11)15/h3-7,14-15H,2H2,1H3. The molecule has 2 aromatic rings. The molecule has 0 fully saturated rings. The van der Waals surface area contributed by atoms with E-state index in [2.05, 4.69) is 0 Å². The number of phenols is 2. The van der Waals surface area contributed by atoms with Gasteiger partial charge in [-0.2, -0.15) is 0 Å². The van der Waals surface area contributed by atoms with Crippen molar-refractivity contribution < 1.29 is 19.7 Å². The molecule has 0 aromatic heterocycles. The number of phenolic OH excluding ortho intramolecular Hbond substituents is 2. The van der Waals surface area contributed by atoms with Crippen LogP contribution in [0.15, 0.2) is 30.3 Å². The lowest BCUT2D eigenvalue weighted by Crippen LogP contribution is -2.04. The highest BCUT2D eigenvalue weighted by atomic mass is 16.5. The van der Waals surface area contributed by atoms with Gasteiger partial charge >= 0.3 is 5.97 Å². The molecular weight excluding hydrogens is 220 g/mol. The van der Waals surface area contributed by atoms with Gasteiger partial charge in [0, 0.05) is 0 Å². The van der Waals surface area contributed by atoms with Crippen molar-refractivity contribution in [1.82, 2.24) is 0 Å². The molecule has 0 atom stereocenters. The molecule has 0 radical (unpaired) electrons. The molecule has 0 aliphatic rings. The summed E-state index contributed by atoms with van der Waals surface area (Å²) in [6.07, 6.45) is 0. The van der Waals surface area contributed by atoms with Crippen molar-refractivity contribution in [1.29, 1.82) is 0 Å². The predicted octanol–water partition coefficient (Wildman–Crippen LogP) is 2.43. The molecule has 0 bridgehead atoms. The van der Waals surface area contributed by atoms with E-state index >= 15 is 0 Å². The predicted molar refractivity (Wildman–Crippen MR) is 63.2 cm³/mol. The fraction of sp³-hybridized carbons (Fsp3) is 0.154. The zero-order valence-corrected chi connectivity index (χ0v) is 9.30. The van der Waals surface area contributed by atoms with E-state index in [9.17, 15) is 15.0 Å². The number of fused-ring (bicyclic) bond motifs is 1. The van der Waals surface area contributed by atoms with Gasteiger partial charge < -0.3 is 14.9 Å². The molecule has 2 N–H and O–H groups in total. The van der Waals surface area contributed by atoms with E-state index in [1.165, 1.54) is 24.3 Å². The largest absolute Gasteiger partial charge is 0.508 e. The van der Waals surface area contributed by atoms with Crippen LogP contribution in [0.2, 0.25) is 0 Å². The molecule has 0 heterocycles. The van der Waals surface area contributed by atoms with E-state index in [1.54, 1.807) is 13.0 Å². The molecule has 17 heavy (non-hydrogen) atoms. The van der Waals surface area contributed by atoms with Gasteiger partial charge in [0.2, 0.25) is 0 Å². The number of aromatic hydroxyl groups is 2. The minimum Gasteiger partial charge on any atom is -0.508 e. The number of carbonyl (C=O) groups excluding carboxylic acids is 1. The second-order valence-electron chi connectivity index (χ2n) is 3.62. The topological polar surface area (TPSA) is 66.8 Å². The van der Waals surface area contributed by atoms with Gasteiger partial charge in [-0.05, 0) is 42.0 Å². The fourth-order valence-electron chi connectivity index (χ4n) is 1.65. The quantitative estimate of drug-likeness (QED) is 0.780. The second kappa shape index (κ2) is 4.33. The van der Waals surface area contributed by atoms with Crippen molar-refractivity contribution >= 4 is 16.7 Å². The number of carbonyl (C=O) groups is 1. The van der Waals surface area contributed by atoms with Gasteiger partial charge in [0.1, 0.15) is 17.1 Å². The van der Waals surface area contributed by atoms with Crippen LogP contribution in [-0.2, 0) is 4.74 Å². The summed E-state index contributed by atoms with van der Waals surface area (Å²) in [6, 6.07) is 7.69. The number of esters is 1. The Balaban J connectivity index is 2.57. The lowest BCUT2D eigenvalue weighted by Gasteiger charge is -2.06. The van der Waals surface area contributed by atoms with Gasteiger partial charge in [-0.15, -0.1) is 0 Å². The van der Waals surface area contributed by atoms with E-state index in [1.807, 2.05) is 0 Å². The van der Waals surface area contributed by atoms with E-state index in [0.717, 1.165) is 5.39 Å². The molecule has 88 valence electrons. The molecule has 0 saturated carbocycles. The number of benzene rings is 2. The van der Waals surface area contributed by atoms with E-state index in [0.29, 0.717) is 5.39 Å². The van der Waals surface area contributed by atoms with Crippen LogP contribution in [0.4, 0.5) is 0 Å². The summed E-state index contributed by atoms with van der Waals surface area (Å²) in [5.74, 6) is -0.588. The van der Waals surface area contributed by atoms with E-state index in [-0.39, 0.29) is 23.7 Å². The number of rotatable bonds is 2. The van der Waals surface area contributed by atoms with Crippen molar-refractivity contribution in [3.63, 3.8) is 0 Å². The van der Waals surface area contributed by atoms with Crippen LogP contribution in [-0.4, -0.2) is 22.8 Å². The summed E-state index contributed by atoms with van der Waals surface area (Å²) in [4.78, 5) is 11.5. The first-order valence-corrected chi connectivity index (χ1v) is 5.24.